The van der Waals surface area contributed by atoms with Crippen molar-refractivity contribution in [3.05, 3.63) is 77.5 Å². The number of nitrogens with zero attached hydrogens (tertiary/aromatic N) is 2. The quantitative estimate of drug-likeness (QED) is 0.527. The molecule has 1 aliphatic heterocycles. The van der Waals surface area contributed by atoms with Crippen LogP contribution in [0, 0.1) is 0 Å². The first-order valence-corrected chi connectivity index (χ1v) is 10.9. The molecule has 2 heterocycles. The van der Waals surface area contributed by atoms with Crippen molar-refractivity contribution in [2.24, 2.45) is 0 Å². The third-order valence-electron chi connectivity index (χ3n) is 5.47. The van der Waals surface area contributed by atoms with E-state index in [0.717, 1.165) is 49.7 Å². The molecular formula is C25H26ClN3O2. The second-order valence-electron chi connectivity index (χ2n) is 7.50. The maximum Gasteiger partial charge on any atom is 0.248 e. The zero-order valence-electron chi connectivity index (χ0n) is 17.6. The van der Waals surface area contributed by atoms with Crippen LogP contribution in [0.2, 0.25) is 5.02 Å². The number of nitrogens with one attached hydrogen (secondary N) is 1. The summed E-state index contributed by atoms with van der Waals surface area (Å²) in [5.74, 6) is 1.14. The third-order valence-corrected chi connectivity index (χ3v) is 5.73. The van der Waals surface area contributed by atoms with E-state index in [0.29, 0.717) is 10.8 Å². The summed E-state index contributed by atoms with van der Waals surface area (Å²) in [6.45, 7) is 7.55. The Morgan fingerprint density at radius 3 is 2.39 bits per heavy atom. The fourth-order valence-corrected chi connectivity index (χ4v) is 3.76. The lowest BCUT2D eigenvalue weighted by molar-refractivity contribution is -0.111. The summed E-state index contributed by atoms with van der Waals surface area (Å²) in [5.41, 5.74) is 2.89. The SMILES string of the molecule is CCN1CCN(c2ccc(NC(=O)C=Cc3ccc(-c4ccc(Cl)cc4)o3)cc2)CC1. The van der Waals surface area contributed by atoms with E-state index in [1.54, 1.807) is 6.08 Å². The van der Waals surface area contributed by atoms with Gasteiger partial charge in [-0.15, -0.1) is 0 Å². The van der Waals surface area contributed by atoms with Gasteiger partial charge in [-0.3, -0.25) is 4.79 Å². The highest BCUT2D eigenvalue weighted by atomic mass is 35.5. The standard InChI is InChI=1S/C25H26ClN3O2/c1-2-28-15-17-29(18-16-28)22-9-7-21(8-10-22)27-25(30)14-12-23-11-13-24(31-23)19-3-5-20(26)6-4-19/h3-14H,2,15-18H2,1H3,(H,27,30). The number of carbonyl (C=O) groups is 1. The number of hydrogen-bond acceptors (Lipinski definition) is 4. The van der Waals surface area contributed by atoms with E-state index in [9.17, 15) is 4.79 Å². The van der Waals surface area contributed by atoms with Crippen LogP contribution in [0.5, 0.6) is 0 Å². The summed E-state index contributed by atoms with van der Waals surface area (Å²) >= 11 is 5.92. The molecule has 3 aromatic rings. The molecule has 0 saturated carbocycles. The second-order valence-corrected chi connectivity index (χ2v) is 7.94. The highest BCUT2D eigenvalue weighted by Gasteiger charge is 2.15. The Balaban J connectivity index is 1.31. The van der Waals surface area contributed by atoms with Crippen LogP contribution in [0.4, 0.5) is 11.4 Å². The molecule has 0 radical (unpaired) electrons. The highest BCUT2D eigenvalue weighted by Crippen LogP contribution is 2.24. The molecule has 1 fully saturated rings. The summed E-state index contributed by atoms with van der Waals surface area (Å²) in [6.07, 6.45) is 3.14. The minimum absolute atomic E-state index is 0.200. The monoisotopic (exact) mass is 435 g/mol. The van der Waals surface area contributed by atoms with Crippen molar-refractivity contribution >= 4 is 35.0 Å². The van der Waals surface area contributed by atoms with Gasteiger partial charge in [0.15, 0.2) is 0 Å². The van der Waals surface area contributed by atoms with E-state index in [-0.39, 0.29) is 5.91 Å². The predicted octanol–water partition coefficient (Wildman–Crippen LogP) is 5.39. The molecule has 31 heavy (non-hydrogen) atoms. The van der Waals surface area contributed by atoms with E-state index >= 15 is 0 Å². The maximum absolute atomic E-state index is 12.3. The lowest BCUT2D eigenvalue weighted by atomic mass is 10.2. The van der Waals surface area contributed by atoms with Gasteiger partial charge in [0.2, 0.25) is 5.91 Å². The summed E-state index contributed by atoms with van der Waals surface area (Å²) < 4.78 is 5.79. The van der Waals surface area contributed by atoms with Crippen LogP contribution in [0.25, 0.3) is 17.4 Å². The Morgan fingerprint density at radius 1 is 1.00 bits per heavy atom. The van der Waals surface area contributed by atoms with E-state index < -0.39 is 0 Å². The van der Waals surface area contributed by atoms with Crippen molar-refractivity contribution in [1.29, 1.82) is 0 Å². The van der Waals surface area contributed by atoms with E-state index in [1.165, 1.54) is 11.8 Å². The van der Waals surface area contributed by atoms with Gasteiger partial charge in [0.1, 0.15) is 11.5 Å². The number of halogens is 1. The number of piperazine rings is 1. The molecular weight excluding hydrogens is 410 g/mol. The Hall–Kier alpha value is -3.02. The molecule has 0 aliphatic carbocycles. The lowest BCUT2D eigenvalue weighted by Gasteiger charge is -2.35. The van der Waals surface area contributed by atoms with E-state index in [2.05, 4.69) is 34.2 Å². The van der Waals surface area contributed by atoms with Gasteiger partial charge >= 0.3 is 0 Å². The van der Waals surface area contributed by atoms with E-state index in [1.807, 2.05) is 48.5 Å². The average molecular weight is 436 g/mol. The van der Waals surface area contributed by atoms with Crippen LogP contribution in [-0.4, -0.2) is 43.5 Å². The molecule has 0 bridgehead atoms. The van der Waals surface area contributed by atoms with Crippen molar-refractivity contribution in [2.75, 3.05) is 42.9 Å². The zero-order chi connectivity index (χ0) is 21.6. The number of hydrogen-bond donors (Lipinski definition) is 1. The van der Waals surface area contributed by atoms with Crippen molar-refractivity contribution < 1.29 is 9.21 Å². The lowest BCUT2D eigenvalue weighted by Crippen LogP contribution is -2.46. The molecule has 5 nitrogen and oxygen atoms in total. The topological polar surface area (TPSA) is 48.7 Å². The van der Waals surface area contributed by atoms with Crippen LogP contribution < -0.4 is 10.2 Å². The fraction of sp³-hybridized carbons (Fsp3) is 0.240. The Bertz CT molecular complexity index is 1030. The Morgan fingerprint density at radius 2 is 1.71 bits per heavy atom. The molecule has 1 aromatic heterocycles. The molecule has 1 saturated heterocycles. The number of rotatable bonds is 6. The normalized spacial score (nSPS) is 14.8. The molecule has 1 amide bonds. The molecule has 1 N–H and O–H groups in total. The van der Waals surface area contributed by atoms with Gasteiger partial charge in [-0.2, -0.15) is 0 Å². The van der Waals surface area contributed by atoms with Crippen molar-refractivity contribution in [3.63, 3.8) is 0 Å². The first kappa shape index (κ1) is 21.2. The minimum atomic E-state index is -0.200. The first-order valence-electron chi connectivity index (χ1n) is 10.5. The largest absolute Gasteiger partial charge is 0.457 e. The second kappa shape index (κ2) is 9.86. The number of amides is 1. The van der Waals surface area contributed by atoms with Crippen LogP contribution in [0.1, 0.15) is 12.7 Å². The molecule has 0 spiro atoms. The fourth-order valence-electron chi connectivity index (χ4n) is 3.63. The van der Waals surface area contributed by atoms with Gasteiger partial charge in [-0.05, 0) is 73.3 Å². The van der Waals surface area contributed by atoms with Gasteiger partial charge < -0.3 is 19.5 Å². The third kappa shape index (κ3) is 5.57. The van der Waals surface area contributed by atoms with Gasteiger partial charge in [-0.25, -0.2) is 0 Å². The molecule has 160 valence electrons. The van der Waals surface area contributed by atoms with Gasteiger partial charge in [0, 0.05) is 54.2 Å². The molecule has 0 unspecified atom stereocenters. The number of benzene rings is 2. The van der Waals surface area contributed by atoms with Crippen molar-refractivity contribution in [2.45, 2.75) is 6.92 Å². The minimum Gasteiger partial charge on any atom is -0.457 e. The van der Waals surface area contributed by atoms with E-state index in [4.69, 9.17) is 16.0 Å². The summed E-state index contributed by atoms with van der Waals surface area (Å²) in [4.78, 5) is 17.1. The van der Waals surface area contributed by atoms with Gasteiger partial charge in [-0.1, -0.05) is 18.5 Å². The van der Waals surface area contributed by atoms with Crippen LogP contribution in [0.3, 0.4) is 0 Å². The maximum atomic E-state index is 12.3. The number of anilines is 2. The van der Waals surface area contributed by atoms with Gasteiger partial charge in [0.05, 0.1) is 0 Å². The highest BCUT2D eigenvalue weighted by molar-refractivity contribution is 6.30. The van der Waals surface area contributed by atoms with Crippen LogP contribution >= 0.6 is 11.6 Å². The van der Waals surface area contributed by atoms with Crippen molar-refractivity contribution in [1.82, 2.24) is 4.90 Å². The zero-order valence-corrected chi connectivity index (χ0v) is 18.3. The Labute approximate surface area is 187 Å². The molecule has 1 aliphatic rings. The average Bonchev–Trinajstić information content (AvgIpc) is 3.28. The number of furan rings is 1. The molecule has 4 rings (SSSR count). The summed E-state index contributed by atoms with van der Waals surface area (Å²) in [5, 5.41) is 3.57. The van der Waals surface area contributed by atoms with Crippen molar-refractivity contribution in [3.8, 4) is 11.3 Å². The van der Waals surface area contributed by atoms with Crippen LogP contribution in [-0.2, 0) is 4.79 Å². The molecule has 6 heteroatoms. The predicted molar refractivity (Wildman–Crippen MR) is 128 cm³/mol. The number of likely N-dealkylation sites (N-methyl/N-ethyl adjacent to an activating group) is 1. The first-order chi connectivity index (χ1) is 15.1. The smallest absolute Gasteiger partial charge is 0.248 e. The molecule has 0 atom stereocenters. The summed E-state index contributed by atoms with van der Waals surface area (Å²) in [7, 11) is 0. The van der Waals surface area contributed by atoms with Gasteiger partial charge in [0.25, 0.3) is 0 Å². The molecule has 2 aromatic carbocycles. The summed E-state index contributed by atoms with van der Waals surface area (Å²) in [6, 6.07) is 19.1. The van der Waals surface area contributed by atoms with Crippen LogP contribution in [0.15, 0.2) is 71.2 Å². The number of carbonyl (C=O) groups excluding carboxylic acids is 1. The Kier molecular flexibility index (Phi) is 6.75.